The van der Waals surface area contributed by atoms with E-state index in [1.807, 2.05) is 12.1 Å². The molecule has 5 heteroatoms. The summed E-state index contributed by atoms with van der Waals surface area (Å²) in [7, 11) is 0. The second kappa shape index (κ2) is 6.21. The van der Waals surface area contributed by atoms with Gasteiger partial charge in [-0.3, -0.25) is 4.79 Å². The van der Waals surface area contributed by atoms with Gasteiger partial charge >= 0.3 is 0 Å². The highest BCUT2D eigenvalue weighted by Gasteiger charge is 2.11. The topological polar surface area (TPSA) is 52.9 Å². The molecule has 1 N–H and O–H groups in total. The molecule has 0 aliphatic rings. The molecule has 1 rings (SSSR count). The van der Waals surface area contributed by atoms with Crippen molar-refractivity contribution in [1.82, 2.24) is 5.32 Å². The molecule has 0 aliphatic carbocycles. The number of benzene rings is 1. The van der Waals surface area contributed by atoms with Crippen molar-refractivity contribution < 1.29 is 4.79 Å². The van der Waals surface area contributed by atoms with Crippen LogP contribution in [0.3, 0.4) is 0 Å². The lowest BCUT2D eigenvalue weighted by Crippen LogP contribution is -2.28. The Labute approximate surface area is 116 Å². The zero-order valence-electron chi connectivity index (χ0n) is 8.63. The predicted octanol–water partition coefficient (Wildman–Crippen LogP) is 2.94. The van der Waals surface area contributed by atoms with Gasteiger partial charge in [0, 0.05) is 14.6 Å². The average molecular weight is 393 g/mol. The Balaban J connectivity index is 2.74. The van der Waals surface area contributed by atoms with Crippen LogP contribution < -0.4 is 5.32 Å². The van der Waals surface area contributed by atoms with Gasteiger partial charge in [0.15, 0.2) is 0 Å². The predicted molar refractivity (Wildman–Crippen MR) is 74.0 cm³/mol. The maximum absolute atomic E-state index is 11.8. The van der Waals surface area contributed by atoms with E-state index >= 15 is 0 Å². The van der Waals surface area contributed by atoms with E-state index in [4.69, 9.17) is 5.26 Å². The number of nitriles is 1. The van der Waals surface area contributed by atoms with Crippen LogP contribution in [0.2, 0.25) is 0 Å². The number of rotatable bonds is 3. The second-order valence-electron chi connectivity index (χ2n) is 3.36. The summed E-state index contributed by atoms with van der Waals surface area (Å²) < 4.78 is 1.76. The molecule has 0 radical (unpaired) electrons. The van der Waals surface area contributed by atoms with Gasteiger partial charge in [-0.25, -0.2) is 0 Å². The molecule has 1 aromatic rings. The Bertz CT molecular complexity index is 442. The fourth-order valence-electron chi connectivity index (χ4n) is 1.06. The molecule has 0 heterocycles. The number of nitrogens with one attached hydrogen (secondary N) is 1. The first-order chi connectivity index (χ1) is 7.54. The van der Waals surface area contributed by atoms with Crippen LogP contribution in [0, 0.1) is 20.8 Å². The summed E-state index contributed by atoms with van der Waals surface area (Å²) in [6, 6.07) is 7.63. The highest BCUT2D eigenvalue weighted by atomic mass is 127. The van der Waals surface area contributed by atoms with Crippen molar-refractivity contribution in [3.63, 3.8) is 0 Å². The SMILES string of the molecule is CC(C#N)CNC(=O)c1cc(I)ccc1Br. The van der Waals surface area contributed by atoms with E-state index in [1.165, 1.54) is 0 Å². The fourth-order valence-corrected chi connectivity index (χ4v) is 1.98. The van der Waals surface area contributed by atoms with Crippen LogP contribution in [0.5, 0.6) is 0 Å². The minimum absolute atomic E-state index is 0.160. The number of hydrogen-bond acceptors (Lipinski definition) is 2. The fraction of sp³-hybridized carbons (Fsp3) is 0.273. The molecule has 0 spiro atoms. The number of carbonyl (C=O) groups excluding carboxylic acids is 1. The monoisotopic (exact) mass is 392 g/mol. The van der Waals surface area contributed by atoms with Crippen LogP contribution >= 0.6 is 38.5 Å². The summed E-state index contributed by atoms with van der Waals surface area (Å²) in [4.78, 5) is 11.8. The largest absolute Gasteiger partial charge is 0.351 e. The van der Waals surface area contributed by atoms with Gasteiger partial charge in [-0.1, -0.05) is 0 Å². The first-order valence-electron chi connectivity index (χ1n) is 4.67. The standard InChI is InChI=1S/C11H10BrIN2O/c1-7(5-14)6-15-11(16)9-4-8(13)2-3-10(9)12/h2-4,7H,6H2,1H3,(H,15,16). The Morgan fingerprint density at radius 1 is 1.69 bits per heavy atom. The molecular weight excluding hydrogens is 383 g/mol. The smallest absolute Gasteiger partial charge is 0.252 e. The Morgan fingerprint density at radius 2 is 2.38 bits per heavy atom. The van der Waals surface area contributed by atoms with Gasteiger partial charge in [-0.05, 0) is 63.6 Å². The quantitative estimate of drug-likeness (QED) is 0.804. The molecule has 1 atom stereocenters. The van der Waals surface area contributed by atoms with Crippen LogP contribution in [-0.2, 0) is 0 Å². The third-order valence-corrected chi connectivity index (χ3v) is 3.32. The van der Waals surface area contributed by atoms with E-state index in [9.17, 15) is 4.79 Å². The third kappa shape index (κ3) is 3.76. The zero-order chi connectivity index (χ0) is 12.1. The summed E-state index contributed by atoms with van der Waals surface area (Å²) in [5.74, 6) is -0.335. The van der Waals surface area contributed by atoms with E-state index in [0.717, 1.165) is 8.04 Å². The van der Waals surface area contributed by atoms with Gasteiger partial charge in [0.25, 0.3) is 5.91 Å². The molecule has 0 aliphatic heterocycles. The van der Waals surface area contributed by atoms with Crippen molar-refractivity contribution >= 4 is 44.4 Å². The maximum Gasteiger partial charge on any atom is 0.252 e. The normalized spacial score (nSPS) is 11.6. The Morgan fingerprint density at radius 3 is 3.00 bits per heavy atom. The van der Waals surface area contributed by atoms with Crippen molar-refractivity contribution in [2.45, 2.75) is 6.92 Å². The van der Waals surface area contributed by atoms with Crippen LogP contribution in [0.15, 0.2) is 22.7 Å². The van der Waals surface area contributed by atoms with Crippen molar-refractivity contribution in [3.8, 4) is 6.07 Å². The van der Waals surface area contributed by atoms with E-state index < -0.39 is 0 Å². The maximum atomic E-state index is 11.8. The third-order valence-electron chi connectivity index (χ3n) is 1.96. The molecule has 0 saturated heterocycles. The molecule has 3 nitrogen and oxygen atoms in total. The average Bonchev–Trinajstić information content (AvgIpc) is 2.28. The lowest BCUT2D eigenvalue weighted by atomic mass is 10.2. The van der Waals surface area contributed by atoms with Gasteiger partial charge in [-0.15, -0.1) is 0 Å². The van der Waals surface area contributed by atoms with Gasteiger partial charge in [-0.2, -0.15) is 5.26 Å². The van der Waals surface area contributed by atoms with Crippen molar-refractivity contribution in [2.75, 3.05) is 6.54 Å². The van der Waals surface area contributed by atoms with Gasteiger partial charge in [0.05, 0.1) is 17.6 Å². The van der Waals surface area contributed by atoms with Crippen LogP contribution in [0.4, 0.5) is 0 Å². The number of nitrogens with zero attached hydrogens (tertiary/aromatic N) is 1. The van der Waals surface area contributed by atoms with Crippen molar-refractivity contribution in [2.24, 2.45) is 5.92 Å². The summed E-state index contributed by atoms with van der Waals surface area (Å²) in [5, 5.41) is 11.3. The van der Waals surface area contributed by atoms with Gasteiger partial charge < -0.3 is 5.32 Å². The van der Waals surface area contributed by atoms with Gasteiger partial charge in [0.1, 0.15) is 0 Å². The van der Waals surface area contributed by atoms with Crippen molar-refractivity contribution in [3.05, 3.63) is 31.8 Å². The highest BCUT2D eigenvalue weighted by Crippen LogP contribution is 2.19. The molecular formula is C11H10BrIN2O. The molecule has 16 heavy (non-hydrogen) atoms. The number of carbonyl (C=O) groups is 1. The minimum atomic E-state index is -0.175. The van der Waals surface area contributed by atoms with E-state index in [0.29, 0.717) is 12.1 Å². The Hall–Kier alpha value is -0.610. The second-order valence-corrected chi connectivity index (χ2v) is 5.46. The first kappa shape index (κ1) is 13.5. The first-order valence-corrected chi connectivity index (χ1v) is 6.54. The summed E-state index contributed by atoms with van der Waals surface area (Å²) >= 11 is 5.48. The molecule has 0 fully saturated rings. The molecule has 1 amide bonds. The van der Waals surface area contributed by atoms with E-state index in [1.54, 1.807) is 13.0 Å². The molecule has 1 unspecified atom stereocenters. The lowest BCUT2D eigenvalue weighted by molar-refractivity contribution is 0.0950. The summed E-state index contributed by atoms with van der Waals surface area (Å²) in [5.41, 5.74) is 0.594. The van der Waals surface area contributed by atoms with E-state index in [2.05, 4.69) is 49.9 Å². The highest BCUT2D eigenvalue weighted by molar-refractivity contribution is 14.1. The lowest BCUT2D eigenvalue weighted by Gasteiger charge is -2.08. The molecule has 0 saturated carbocycles. The molecule has 0 aromatic heterocycles. The van der Waals surface area contributed by atoms with Crippen LogP contribution in [0.25, 0.3) is 0 Å². The molecule has 84 valence electrons. The van der Waals surface area contributed by atoms with Crippen LogP contribution in [-0.4, -0.2) is 12.5 Å². The minimum Gasteiger partial charge on any atom is -0.351 e. The summed E-state index contributed by atoms with van der Waals surface area (Å²) in [6.07, 6.45) is 0. The van der Waals surface area contributed by atoms with Crippen molar-refractivity contribution in [1.29, 1.82) is 5.26 Å². The number of amides is 1. The number of hydrogen-bond donors (Lipinski definition) is 1. The van der Waals surface area contributed by atoms with E-state index in [-0.39, 0.29) is 11.8 Å². The zero-order valence-corrected chi connectivity index (χ0v) is 12.4. The molecule has 1 aromatic carbocycles. The molecule has 0 bridgehead atoms. The van der Waals surface area contributed by atoms with Crippen LogP contribution in [0.1, 0.15) is 17.3 Å². The summed E-state index contributed by atoms with van der Waals surface area (Å²) in [6.45, 7) is 2.14. The van der Waals surface area contributed by atoms with Gasteiger partial charge in [0.2, 0.25) is 0 Å². The number of halogens is 2. The Kier molecular flexibility index (Phi) is 5.22.